The molecule has 0 unspecified atom stereocenters. The molecule has 0 aromatic rings. The Morgan fingerprint density at radius 2 is 1.60 bits per heavy atom. The highest BCUT2D eigenvalue weighted by atomic mass is 32.2. The first-order valence-electron chi connectivity index (χ1n) is 5.47. The molecule has 5 heteroatoms. The van der Waals surface area contributed by atoms with E-state index in [2.05, 4.69) is 23.5 Å². The van der Waals surface area contributed by atoms with Crippen molar-refractivity contribution in [1.82, 2.24) is 0 Å². The van der Waals surface area contributed by atoms with Gasteiger partial charge < -0.3 is 5.11 Å². The quantitative estimate of drug-likeness (QED) is 0.855. The van der Waals surface area contributed by atoms with Crippen LogP contribution in [0.3, 0.4) is 0 Å². The van der Waals surface area contributed by atoms with Crippen LogP contribution in [-0.4, -0.2) is 43.4 Å². The third-order valence-electron chi connectivity index (χ3n) is 2.63. The molecule has 2 fully saturated rings. The molecule has 2 rings (SSSR count). The molecule has 1 nitrogen and oxygen atoms in total. The summed E-state index contributed by atoms with van der Waals surface area (Å²) < 4.78 is 0.851. The molecule has 0 saturated carbocycles. The number of aliphatic hydroxyl groups excluding tert-OH is 1. The molecular formula is C10H18OS4. The Labute approximate surface area is 109 Å². The minimum Gasteiger partial charge on any atom is -0.394 e. The maximum Gasteiger partial charge on any atom is 0.0859 e. The number of rotatable bonds is 3. The molecular weight excluding hydrogens is 264 g/mol. The van der Waals surface area contributed by atoms with Crippen molar-refractivity contribution in [1.29, 1.82) is 0 Å². The average Bonchev–Trinajstić information content (AvgIpc) is 2.32. The lowest BCUT2D eigenvalue weighted by Crippen LogP contribution is -2.33. The fourth-order valence-corrected chi connectivity index (χ4v) is 8.41. The highest BCUT2D eigenvalue weighted by molar-refractivity contribution is 8.19. The van der Waals surface area contributed by atoms with Crippen molar-refractivity contribution < 1.29 is 5.11 Å². The molecule has 15 heavy (non-hydrogen) atoms. The molecule has 0 aromatic heterocycles. The van der Waals surface area contributed by atoms with Crippen molar-refractivity contribution in [2.75, 3.05) is 29.6 Å². The van der Waals surface area contributed by atoms with E-state index in [1.54, 1.807) is 0 Å². The van der Waals surface area contributed by atoms with Crippen molar-refractivity contribution in [2.45, 2.75) is 27.9 Å². The standard InChI is InChI=1S/C10H18OS4/c11-8-10(14-5-2-6-15-10)7-9-12-3-1-4-13-9/h9,11H,1-8H2. The first-order valence-corrected chi connectivity index (χ1v) is 9.53. The van der Waals surface area contributed by atoms with Gasteiger partial charge in [0.25, 0.3) is 0 Å². The van der Waals surface area contributed by atoms with E-state index in [4.69, 9.17) is 0 Å². The zero-order chi connectivity index (χ0) is 10.6. The molecule has 0 spiro atoms. The summed E-state index contributed by atoms with van der Waals surface area (Å²) >= 11 is 8.17. The monoisotopic (exact) mass is 282 g/mol. The SMILES string of the molecule is OCC1(CC2SCCCS2)SCCCS1. The van der Waals surface area contributed by atoms with Crippen molar-refractivity contribution in [2.24, 2.45) is 0 Å². The van der Waals surface area contributed by atoms with Gasteiger partial charge >= 0.3 is 0 Å². The zero-order valence-corrected chi connectivity index (χ0v) is 12.1. The summed E-state index contributed by atoms with van der Waals surface area (Å²) in [5.74, 6) is 5.09. The largest absolute Gasteiger partial charge is 0.394 e. The van der Waals surface area contributed by atoms with E-state index in [9.17, 15) is 5.11 Å². The lowest BCUT2D eigenvalue weighted by molar-refractivity contribution is 0.281. The second-order valence-electron chi connectivity index (χ2n) is 3.85. The highest BCUT2D eigenvalue weighted by Crippen LogP contribution is 2.49. The van der Waals surface area contributed by atoms with Crippen LogP contribution in [-0.2, 0) is 0 Å². The summed E-state index contributed by atoms with van der Waals surface area (Å²) in [7, 11) is 0. The van der Waals surface area contributed by atoms with Gasteiger partial charge in [0.2, 0.25) is 0 Å². The van der Waals surface area contributed by atoms with Gasteiger partial charge in [-0.25, -0.2) is 0 Å². The molecule has 2 aliphatic rings. The van der Waals surface area contributed by atoms with Crippen LogP contribution in [0.4, 0.5) is 0 Å². The third-order valence-corrected chi connectivity index (χ3v) is 8.91. The minimum absolute atomic E-state index is 0.125. The van der Waals surface area contributed by atoms with E-state index < -0.39 is 0 Å². The molecule has 0 bridgehead atoms. The van der Waals surface area contributed by atoms with E-state index in [1.165, 1.54) is 42.3 Å². The number of hydrogen-bond donors (Lipinski definition) is 1. The number of hydrogen-bond acceptors (Lipinski definition) is 5. The van der Waals surface area contributed by atoms with Gasteiger partial charge in [0.15, 0.2) is 0 Å². The third kappa shape index (κ3) is 3.66. The topological polar surface area (TPSA) is 20.2 Å². The van der Waals surface area contributed by atoms with E-state index >= 15 is 0 Å². The second-order valence-corrected chi connectivity index (χ2v) is 9.98. The van der Waals surface area contributed by atoms with E-state index in [1.807, 2.05) is 23.5 Å². The Kier molecular flexibility index (Phi) is 5.41. The average molecular weight is 283 g/mol. The molecule has 88 valence electrons. The normalized spacial score (nSPS) is 27.8. The zero-order valence-electron chi connectivity index (χ0n) is 8.81. The van der Waals surface area contributed by atoms with Crippen LogP contribution >= 0.6 is 47.0 Å². The molecule has 2 aliphatic heterocycles. The molecule has 0 amide bonds. The fourth-order valence-electron chi connectivity index (χ4n) is 1.80. The van der Waals surface area contributed by atoms with Gasteiger partial charge in [0.05, 0.1) is 15.3 Å². The van der Waals surface area contributed by atoms with Gasteiger partial charge in [-0.3, -0.25) is 0 Å². The van der Waals surface area contributed by atoms with E-state index in [-0.39, 0.29) is 4.08 Å². The highest BCUT2D eigenvalue weighted by Gasteiger charge is 2.36. The summed E-state index contributed by atoms with van der Waals surface area (Å²) in [6.45, 7) is 0.347. The molecule has 0 radical (unpaired) electrons. The minimum atomic E-state index is 0.125. The second kappa shape index (κ2) is 6.34. The Balaban J connectivity index is 1.87. The van der Waals surface area contributed by atoms with E-state index in [0.29, 0.717) is 6.61 Å². The van der Waals surface area contributed by atoms with Crippen LogP contribution in [0.15, 0.2) is 0 Å². The first-order chi connectivity index (χ1) is 7.35. The molecule has 1 N–H and O–H groups in total. The lowest BCUT2D eigenvalue weighted by Gasteiger charge is -2.37. The lowest BCUT2D eigenvalue weighted by atomic mass is 10.3. The predicted octanol–water partition coefficient (Wildman–Crippen LogP) is 3.13. The van der Waals surface area contributed by atoms with E-state index in [0.717, 1.165) is 4.58 Å². The van der Waals surface area contributed by atoms with Crippen LogP contribution in [0.5, 0.6) is 0 Å². The van der Waals surface area contributed by atoms with Crippen LogP contribution in [0, 0.1) is 0 Å². The Bertz CT molecular complexity index is 188. The van der Waals surface area contributed by atoms with Crippen LogP contribution in [0.2, 0.25) is 0 Å². The summed E-state index contributed by atoms with van der Waals surface area (Å²) in [5, 5.41) is 9.61. The van der Waals surface area contributed by atoms with Crippen molar-refractivity contribution in [3.63, 3.8) is 0 Å². The fraction of sp³-hybridized carbons (Fsp3) is 1.00. The summed E-state index contributed by atoms with van der Waals surface area (Å²) in [6.07, 6.45) is 3.84. The molecule has 0 aromatic carbocycles. The maximum absolute atomic E-state index is 9.61. The van der Waals surface area contributed by atoms with Gasteiger partial charge in [-0.2, -0.15) is 0 Å². The van der Waals surface area contributed by atoms with Crippen molar-refractivity contribution in [3.8, 4) is 0 Å². The van der Waals surface area contributed by atoms with Gasteiger partial charge in [0.1, 0.15) is 0 Å². The van der Waals surface area contributed by atoms with Crippen LogP contribution in [0.25, 0.3) is 0 Å². The molecule has 2 heterocycles. The number of aliphatic hydroxyl groups is 1. The van der Waals surface area contributed by atoms with Gasteiger partial charge in [-0.15, -0.1) is 47.0 Å². The first kappa shape index (κ1) is 12.8. The van der Waals surface area contributed by atoms with Crippen LogP contribution in [0.1, 0.15) is 19.3 Å². The number of thioether (sulfide) groups is 4. The Morgan fingerprint density at radius 1 is 1.00 bits per heavy atom. The maximum atomic E-state index is 9.61. The molecule has 2 saturated heterocycles. The summed E-state index contributed by atoms with van der Waals surface area (Å²) in [4.78, 5) is 0. The summed E-state index contributed by atoms with van der Waals surface area (Å²) in [5.41, 5.74) is 0. The van der Waals surface area contributed by atoms with Crippen molar-refractivity contribution in [3.05, 3.63) is 0 Å². The smallest absolute Gasteiger partial charge is 0.0859 e. The van der Waals surface area contributed by atoms with Crippen LogP contribution < -0.4 is 0 Å². The van der Waals surface area contributed by atoms with Crippen molar-refractivity contribution >= 4 is 47.0 Å². The Morgan fingerprint density at radius 3 is 2.20 bits per heavy atom. The molecule has 0 atom stereocenters. The summed E-state index contributed by atoms with van der Waals surface area (Å²) in [6, 6.07) is 0. The van der Waals surface area contributed by atoms with Gasteiger partial charge in [0, 0.05) is 0 Å². The molecule has 0 aliphatic carbocycles. The predicted molar refractivity (Wildman–Crippen MR) is 77.3 cm³/mol. The Hall–Kier alpha value is 1.36. The van der Waals surface area contributed by atoms with Gasteiger partial charge in [-0.1, -0.05) is 0 Å². The van der Waals surface area contributed by atoms with Gasteiger partial charge in [-0.05, 0) is 42.3 Å².